The lowest BCUT2D eigenvalue weighted by molar-refractivity contribution is 0.102. The first-order valence-electron chi connectivity index (χ1n) is 10.4. The molecule has 1 N–H and O–H groups in total. The zero-order valence-corrected chi connectivity index (χ0v) is 18.0. The molecule has 0 aliphatic carbocycles. The molecule has 31 heavy (non-hydrogen) atoms. The Balaban J connectivity index is 1.80. The van der Waals surface area contributed by atoms with E-state index in [0.717, 1.165) is 12.8 Å². The molecule has 1 amide bonds. The molecule has 164 valence electrons. The number of carbonyl (C=O) groups excluding carboxylic acids is 1. The van der Waals surface area contributed by atoms with Gasteiger partial charge < -0.3 is 19.5 Å². The first kappa shape index (κ1) is 22.1. The summed E-state index contributed by atoms with van der Waals surface area (Å²) in [5, 5.41) is 10.6. The average Bonchev–Trinajstić information content (AvgIpc) is 3.25. The number of nitrogens with zero attached hydrogens (tertiary/aromatic N) is 2. The highest BCUT2D eigenvalue weighted by Gasteiger charge is 2.18. The number of ether oxygens (including phenoxy) is 3. The van der Waals surface area contributed by atoms with Gasteiger partial charge in [0.15, 0.2) is 17.2 Å². The number of anilines is 1. The molecule has 1 aromatic heterocycles. The summed E-state index contributed by atoms with van der Waals surface area (Å²) in [6.07, 6.45) is 1.76. The van der Waals surface area contributed by atoms with Crippen LogP contribution in [0.3, 0.4) is 0 Å². The van der Waals surface area contributed by atoms with Gasteiger partial charge in [0.1, 0.15) is 5.75 Å². The van der Waals surface area contributed by atoms with Gasteiger partial charge in [0.25, 0.3) is 5.91 Å². The van der Waals surface area contributed by atoms with Crippen LogP contribution in [0.15, 0.2) is 47.1 Å². The van der Waals surface area contributed by atoms with Gasteiger partial charge in [0.05, 0.1) is 19.8 Å². The maximum atomic E-state index is 12.6. The minimum absolute atomic E-state index is 0.225. The molecular weight excluding hydrogens is 398 g/mol. The van der Waals surface area contributed by atoms with Crippen molar-refractivity contribution in [1.29, 1.82) is 0 Å². The third-order valence-electron chi connectivity index (χ3n) is 4.29. The highest BCUT2D eigenvalue weighted by molar-refractivity contribution is 6.05. The van der Waals surface area contributed by atoms with Crippen LogP contribution in [-0.4, -0.2) is 36.0 Å². The number of carbonyl (C=O) groups is 1. The second kappa shape index (κ2) is 11.0. The van der Waals surface area contributed by atoms with E-state index < -0.39 is 0 Å². The molecule has 3 rings (SSSR count). The van der Waals surface area contributed by atoms with Gasteiger partial charge in [0, 0.05) is 11.1 Å². The van der Waals surface area contributed by atoms with Crippen LogP contribution in [0.1, 0.15) is 44.0 Å². The topological polar surface area (TPSA) is 95.7 Å². The zero-order valence-electron chi connectivity index (χ0n) is 18.0. The number of amides is 1. The van der Waals surface area contributed by atoms with Gasteiger partial charge in [-0.25, -0.2) is 4.63 Å². The fourth-order valence-electron chi connectivity index (χ4n) is 2.82. The van der Waals surface area contributed by atoms with Crippen molar-refractivity contribution < 1.29 is 23.6 Å². The number of nitrogens with one attached hydrogen (secondary N) is 1. The first-order chi connectivity index (χ1) is 15.2. The highest BCUT2D eigenvalue weighted by atomic mass is 16.6. The molecule has 8 heteroatoms. The second-order valence-corrected chi connectivity index (χ2v) is 6.73. The second-order valence-electron chi connectivity index (χ2n) is 6.73. The van der Waals surface area contributed by atoms with Crippen LogP contribution in [0.5, 0.6) is 17.2 Å². The van der Waals surface area contributed by atoms with Crippen LogP contribution in [0, 0.1) is 0 Å². The minimum atomic E-state index is -0.328. The molecule has 0 fully saturated rings. The van der Waals surface area contributed by atoms with Crippen molar-refractivity contribution in [2.45, 2.75) is 33.6 Å². The smallest absolute Gasteiger partial charge is 0.256 e. The van der Waals surface area contributed by atoms with E-state index in [1.807, 2.05) is 39.0 Å². The van der Waals surface area contributed by atoms with Crippen LogP contribution in [0.2, 0.25) is 0 Å². The molecule has 1 heterocycles. The van der Waals surface area contributed by atoms with Crippen LogP contribution >= 0.6 is 0 Å². The summed E-state index contributed by atoms with van der Waals surface area (Å²) < 4.78 is 21.9. The molecule has 3 aromatic rings. The maximum absolute atomic E-state index is 12.6. The summed E-state index contributed by atoms with van der Waals surface area (Å²) >= 11 is 0. The number of aromatic nitrogens is 2. The molecule has 0 saturated carbocycles. The lowest BCUT2D eigenvalue weighted by atomic mass is 10.1. The summed E-state index contributed by atoms with van der Waals surface area (Å²) in [4.78, 5) is 12.6. The van der Waals surface area contributed by atoms with E-state index in [-0.39, 0.29) is 11.7 Å². The molecule has 0 spiro atoms. The number of hydrogen-bond donors (Lipinski definition) is 1. The van der Waals surface area contributed by atoms with Crippen molar-refractivity contribution in [3.05, 3.63) is 48.0 Å². The quantitative estimate of drug-likeness (QED) is 0.463. The summed E-state index contributed by atoms with van der Waals surface area (Å²) in [5.74, 6) is 1.87. The van der Waals surface area contributed by atoms with Crippen molar-refractivity contribution in [2.24, 2.45) is 0 Å². The van der Waals surface area contributed by atoms with Crippen molar-refractivity contribution in [3.8, 4) is 28.5 Å². The van der Waals surface area contributed by atoms with Crippen molar-refractivity contribution in [2.75, 3.05) is 25.1 Å². The predicted octanol–water partition coefficient (Wildman–Crippen LogP) is 4.97. The van der Waals surface area contributed by atoms with Gasteiger partial charge in [-0.15, -0.1) is 0 Å². The average molecular weight is 425 g/mol. The molecule has 0 radical (unpaired) electrons. The Bertz CT molecular complexity index is 985. The molecule has 2 aromatic carbocycles. The van der Waals surface area contributed by atoms with E-state index >= 15 is 0 Å². The van der Waals surface area contributed by atoms with Gasteiger partial charge in [0.2, 0.25) is 5.82 Å². The van der Waals surface area contributed by atoms with Gasteiger partial charge in [-0.3, -0.25) is 4.79 Å². The Morgan fingerprint density at radius 1 is 0.903 bits per heavy atom. The van der Waals surface area contributed by atoms with Crippen LogP contribution in [-0.2, 0) is 0 Å². The summed E-state index contributed by atoms with van der Waals surface area (Å²) in [6, 6.07) is 12.3. The Labute approximate surface area is 181 Å². The number of benzene rings is 2. The Kier molecular flexibility index (Phi) is 7.86. The third-order valence-corrected chi connectivity index (χ3v) is 4.29. The van der Waals surface area contributed by atoms with Gasteiger partial charge in [-0.2, -0.15) is 0 Å². The van der Waals surface area contributed by atoms with E-state index in [1.165, 1.54) is 0 Å². The Hall–Kier alpha value is -3.55. The summed E-state index contributed by atoms with van der Waals surface area (Å²) in [6.45, 7) is 7.70. The Morgan fingerprint density at radius 3 is 2.29 bits per heavy atom. The molecule has 8 nitrogen and oxygen atoms in total. The molecule has 0 bridgehead atoms. The van der Waals surface area contributed by atoms with Gasteiger partial charge in [-0.05, 0) is 72.5 Å². The van der Waals surface area contributed by atoms with E-state index in [4.69, 9.17) is 18.8 Å². The summed E-state index contributed by atoms with van der Waals surface area (Å²) in [7, 11) is 0. The zero-order chi connectivity index (χ0) is 22.1. The van der Waals surface area contributed by atoms with Crippen molar-refractivity contribution in [3.63, 3.8) is 0 Å². The Morgan fingerprint density at radius 2 is 1.61 bits per heavy atom. The fraction of sp³-hybridized carbons (Fsp3) is 0.348. The number of rotatable bonds is 11. The van der Waals surface area contributed by atoms with Gasteiger partial charge >= 0.3 is 0 Å². The molecule has 0 aliphatic rings. The fourth-order valence-corrected chi connectivity index (χ4v) is 2.82. The lowest BCUT2D eigenvalue weighted by Crippen LogP contribution is -2.12. The van der Waals surface area contributed by atoms with Crippen LogP contribution in [0.25, 0.3) is 11.3 Å². The van der Waals surface area contributed by atoms with E-state index in [9.17, 15) is 4.79 Å². The third kappa shape index (κ3) is 5.75. The van der Waals surface area contributed by atoms with E-state index in [0.29, 0.717) is 53.9 Å². The minimum Gasteiger partial charge on any atom is -0.494 e. The van der Waals surface area contributed by atoms with Crippen molar-refractivity contribution in [1.82, 2.24) is 10.3 Å². The SMILES string of the molecule is CCCOc1ccc(-c2nonc2NC(=O)c2ccc(OCC)cc2)cc1OCCC. The molecule has 0 atom stereocenters. The van der Waals surface area contributed by atoms with Gasteiger partial charge in [-0.1, -0.05) is 13.8 Å². The normalized spacial score (nSPS) is 10.5. The predicted molar refractivity (Wildman–Crippen MR) is 117 cm³/mol. The van der Waals surface area contributed by atoms with Crippen LogP contribution in [0.4, 0.5) is 5.82 Å². The lowest BCUT2D eigenvalue weighted by Gasteiger charge is -2.13. The molecule has 0 unspecified atom stereocenters. The monoisotopic (exact) mass is 425 g/mol. The molecular formula is C23H27N3O5. The van der Waals surface area contributed by atoms with Crippen LogP contribution < -0.4 is 19.5 Å². The summed E-state index contributed by atoms with van der Waals surface area (Å²) in [5.41, 5.74) is 1.56. The first-order valence-corrected chi connectivity index (χ1v) is 10.4. The van der Waals surface area contributed by atoms with E-state index in [1.54, 1.807) is 24.3 Å². The molecule has 0 saturated heterocycles. The largest absolute Gasteiger partial charge is 0.494 e. The highest BCUT2D eigenvalue weighted by Crippen LogP contribution is 2.34. The van der Waals surface area contributed by atoms with E-state index in [2.05, 4.69) is 15.6 Å². The maximum Gasteiger partial charge on any atom is 0.256 e. The standard InChI is InChI=1S/C23H27N3O5/c1-4-13-29-19-12-9-17(15-20(19)30-14-5-2)21-22(26-31-25-21)24-23(27)16-7-10-18(11-8-16)28-6-3/h7-12,15H,4-6,13-14H2,1-3H3,(H,24,26,27). The number of hydrogen-bond acceptors (Lipinski definition) is 7. The molecule has 0 aliphatic heterocycles. The van der Waals surface area contributed by atoms with Crippen molar-refractivity contribution >= 4 is 11.7 Å².